The highest BCUT2D eigenvalue weighted by atomic mass is 79.9. The number of nitrogens with one attached hydrogen (secondary N) is 1. The van der Waals surface area contributed by atoms with Gasteiger partial charge in [0.15, 0.2) is 0 Å². The molecule has 0 heterocycles. The quantitative estimate of drug-likeness (QED) is 0.741. The number of hydrogen-bond donors (Lipinski definition) is 2. The molecule has 2 N–H and O–H groups in total. The Labute approximate surface area is 143 Å². The number of aliphatic hydroxyl groups excluding tert-OH is 1. The average Bonchev–Trinajstić information content (AvgIpc) is 2.42. The Morgan fingerprint density at radius 3 is 2.43 bits per heavy atom. The normalized spacial score (nSPS) is 22.6. The van der Waals surface area contributed by atoms with E-state index >= 15 is 0 Å². The minimum absolute atomic E-state index is 0.106. The second kappa shape index (κ2) is 7.95. The van der Waals surface area contributed by atoms with Crippen LogP contribution >= 0.6 is 31.9 Å². The van der Waals surface area contributed by atoms with Crippen LogP contribution in [0.5, 0.6) is 5.75 Å². The van der Waals surface area contributed by atoms with Crippen LogP contribution in [0.1, 0.15) is 45.1 Å². The van der Waals surface area contributed by atoms with Crippen LogP contribution in [0, 0.1) is 0 Å². The lowest BCUT2D eigenvalue weighted by atomic mass is 9.95. The number of aliphatic hydroxyl groups is 1. The van der Waals surface area contributed by atoms with Crippen molar-refractivity contribution in [2.45, 2.75) is 64.3 Å². The zero-order valence-corrected chi connectivity index (χ0v) is 15.7. The van der Waals surface area contributed by atoms with Gasteiger partial charge in [0.2, 0.25) is 0 Å². The van der Waals surface area contributed by atoms with E-state index in [4.69, 9.17) is 4.74 Å². The third-order valence-electron chi connectivity index (χ3n) is 3.71. The summed E-state index contributed by atoms with van der Waals surface area (Å²) >= 11 is 7.17. The molecule has 0 saturated heterocycles. The van der Waals surface area contributed by atoms with Crippen molar-refractivity contribution >= 4 is 31.9 Å². The summed E-state index contributed by atoms with van der Waals surface area (Å²) in [6.45, 7) is 5.08. The third kappa shape index (κ3) is 4.95. The molecule has 2 rings (SSSR count). The summed E-state index contributed by atoms with van der Waals surface area (Å²) in [5, 5.41) is 13.4. The summed E-state index contributed by atoms with van der Waals surface area (Å²) in [6, 6.07) is 4.60. The van der Waals surface area contributed by atoms with Gasteiger partial charge in [-0.05, 0) is 68.8 Å². The summed E-state index contributed by atoms with van der Waals surface area (Å²) in [5.74, 6) is 0.786. The molecule has 1 aliphatic rings. The van der Waals surface area contributed by atoms with Crippen LogP contribution in [0.4, 0.5) is 0 Å². The molecular weight excluding hydrogens is 398 g/mol. The molecule has 1 saturated carbocycles. The van der Waals surface area contributed by atoms with Crippen molar-refractivity contribution in [3.63, 3.8) is 0 Å². The summed E-state index contributed by atoms with van der Waals surface area (Å²) < 4.78 is 7.90. The predicted octanol–water partition coefficient (Wildman–Crippen LogP) is 4.39. The third-order valence-corrected chi connectivity index (χ3v) is 4.89. The number of benzene rings is 1. The van der Waals surface area contributed by atoms with Crippen molar-refractivity contribution in [1.82, 2.24) is 5.32 Å². The minimum atomic E-state index is -0.361. The van der Waals surface area contributed by atoms with E-state index < -0.39 is 0 Å². The molecular formula is C16H23Br2NO2. The van der Waals surface area contributed by atoms with Crippen LogP contribution in [-0.4, -0.2) is 23.4 Å². The lowest BCUT2D eigenvalue weighted by Crippen LogP contribution is -2.34. The Morgan fingerprint density at radius 1 is 1.24 bits per heavy atom. The van der Waals surface area contributed by atoms with E-state index in [2.05, 4.69) is 63.2 Å². The molecule has 3 nitrogen and oxygen atoms in total. The van der Waals surface area contributed by atoms with Gasteiger partial charge in [-0.2, -0.15) is 0 Å². The van der Waals surface area contributed by atoms with Gasteiger partial charge in [-0.3, -0.25) is 0 Å². The number of hydrogen-bond acceptors (Lipinski definition) is 3. The largest absolute Gasteiger partial charge is 0.485 e. The van der Waals surface area contributed by atoms with Gasteiger partial charge < -0.3 is 15.2 Å². The van der Waals surface area contributed by atoms with Crippen LogP contribution in [0.15, 0.2) is 21.1 Å². The van der Waals surface area contributed by atoms with Crippen molar-refractivity contribution in [3.05, 3.63) is 26.6 Å². The smallest absolute Gasteiger partial charge is 0.148 e. The van der Waals surface area contributed by atoms with Gasteiger partial charge in [0.1, 0.15) is 11.9 Å². The van der Waals surface area contributed by atoms with Crippen LogP contribution in [-0.2, 0) is 6.54 Å². The molecule has 118 valence electrons. The van der Waals surface area contributed by atoms with Gasteiger partial charge in [-0.1, -0.05) is 20.3 Å². The predicted molar refractivity (Wildman–Crippen MR) is 92.7 cm³/mol. The van der Waals surface area contributed by atoms with Crippen molar-refractivity contribution in [2.24, 2.45) is 0 Å². The molecule has 2 unspecified atom stereocenters. The van der Waals surface area contributed by atoms with E-state index in [1.807, 2.05) is 0 Å². The van der Waals surface area contributed by atoms with Gasteiger partial charge >= 0.3 is 0 Å². The molecule has 1 aliphatic carbocycles. The first-order chi connectivity index (χ1) is 9.97. The molecule has 2 atom stereocenters. The van der Waals surface area contributed by atoms with E-state index in [9.17, 15) is 5.11 Å². The average molecular weight is 421 g/mol. The first-order valence-electron chi connectivity index (χ1n) is 7.53. The Balaban J connectivity index is 2.09. The molecule has 0 bridgehead atoms. The van der Waals surface area contributed by atoms with Crippen molar-refractivity contribution in [3.8, 4) is 5.75 Å². The SMILES string of the molecule is CC(C)NCc1cc(Br)c(OC2CCCCC2O)c(Br)c1. The van der Waals surface area contributed by atoms with Crippen LogP contribution in [0.3, 0.4) is 0 Å². The molecule has 1 aromatic carbocycles. The van der Waals surface area contributed by atoms with Crippen molar-refractivity contribution in [2.75, 3.05) is 0 Å². The standard InChI is InChI=1S/C16H23Br2NO2/c1-10(2)19-9-11-7-12(17)16(13(18)8-11)21-15-6-4-3-5-14(15)20/h7-8,10,14-15,19-20H,3-6,9H2,1-2H3. The molecule has 5 heteroatoms. The van der Waals surface area contributed by atoms with Crippen LogP contribution in [0.2, 0.25) is 0 Å². The fourth-order valence-corrected chi connectivity index (χ4v) is 3.98. The Bertz CT molecular complexity index is 456. The lowest BCUT2D eigenvalue weighted by Gasteiger charge is -2.29. The highest BCUT2D eigenvalue weighted by molar-refractivity contribution is 9.11. The number of rotatable bonds is 5. The Hall–Kier alpha value is -0.100. The Morgan fingerprint density at radius 2 is 1.86 bits per heavy atom. The van der Waals surface area contributed by atoms with Crippen molar-refractivity contribution < 1.29 is 9.84 Å². The molecule has 0 amide bonds. The van der Waals surface area contributed by atoms with E-state index in [-0.39, 0.29) is 12.2 Å². The number of ether oxygens (including phenoxy) is 1. The van der Waals surface area contributed by atoms with E-state index in [0.717, 1.165) is 46.9 Å². The molecule has 1 fully saturated rings. The molecule has 0 aromatic heterocycles. The first kappa shape index (κ1) is 17.3. The van der Waals surface area contributed by atoms with Gasteiger partial charge in [0.25, 0.3) is 0 Å². The summed E-state index contributed by atoms with van der Waals surface area (Å²) in [7, 11) is 0. The minimum Gasteiger partial charge on any atom is -0.485 e. The molecule has 0 aliphatic heterocycles. The monoisotopic (exact) mass is 419 g/mol. The van der Waals surface area contributed by atoms with E-state index in [1.165, 1.54) is 5.56 Å². The lowest BCUT2D eigenvalue weighted by molar-refractivity contribution is 0.00608. The number of halogens is 2. The van der Waals surface area contributed by atoms with Crippen molar-refractivity contribution in [1.29, 1.82) is 0 Å². The fraction of sp³-hybridized carbons (Fsp3) is 0.625. The maximum atomic E-state index is 10.0. The molecule has 1 aromatic rings. The van der Waals surface area contributed by atoms with Gasteiger partial charge in [-0.15, -0.1) is 0 Å². The topological polar surface area (TPSA) is 41.5 Å². The van der Waals surface area contributed by atoms with E-state index in [1.54, 1.807) is 0 Å². The maximum absolute atomic E-state index is 10.0. The van der Waals surface area contributed by atoms with Gasteiger partial charge in [-0.25, -0.2) is 0 Å². The van der Waals surface area contributed by atoms with Gasteiger partial charge in [0, 0.05) is 12.6 Å². The first-order valence-corrected chi connectivity index (χ1v) is 9.12. The molecule has 0 radical (unpaired) electrons. The maximum Gasteiger partial charge on any atom is 0.148 e. The zero-order valence-electron chi connectivity index (χ0n) is 12.5. The molecule has 0 spiro atoms. The van der Waals surface area contributed by atoms with Crippen LogP contribution in [0.25, 0.3) is 0 Å². The van der Waals surface area contributed by atoms with Crippen LogP contribution < -0.4 is 10.1 Å². The highest BCUT2D eigenvalue weighted by Gasteiger charge is 2.26. The summed E-state index contributed by atoms with van der Waals surface area (Å²) in [5.41, 5.74) is 1.19. The zero-order chi connectivity index (χ0) is 15.4. The fourth-order valence-electron chi connectivity index (χ4n) is 2.52. The summed E-state index contributed by atoms with van der Waals surface area (Å²) in [6.07, 6.45) is 3.48. The molecule has 21 heavy (non-hydrogen) atoms. The highest BCUT2D eigenvalue weighted by Crippen LogP contribution is 2.37. The second-order valence-electron chi connectivity index (χ2n) is 5.93. The Kier molecular flexibility index (Phi) is 6.53. The van der Waals surface area contributed by atoms with E-state index in [0.29, 0.717) is 6.04 Å². The summed E-state index contributed by atoms with van der Waals surface area (Å²) in [4.78, 5) is 0. The van der Waals surface area contributed by atoms with Gasteiger partial charge in [0.05, 0.1) is 15.0 Å². The second-order valence-corrected chi connectivity index (χ2v) is 7.64.